The van der Waals surface area contributed by atoms with Gasteiger partial charge in [0.2, 0.25) is 0 Å². The lowest BCUT2D eigenvalue weighted by Crippen LogP contribution is -2.33. The summed E-state index contributed by atoms with van der Waals surface area (Å²) < 4.78 is 22.6. The van der Waals surface area contributed by atoms with Crippen molar-refractivity contribution in [1.82, 2.24) is 0 Å². The number of halogens is 2. The average molecular weight is 297 g/mol. The highest BCUT2D eigenvalue weighted by Gasteiger charge is 2.30. The van der Waals surface area contributed by atoms with Crippen LogP contribution < -0.4 is 0 Å². The predicted molar refractivity (Wildman–Crippen MR) is 66.5 cm³/mol. The summed E-state index contributed by atoms with van der Waals surface area (Å²) in [7, 11) is -3.68. The van der Waals surface area contributed by atoms with E-state index in [1.807, 2.05) is 0 Å². The molecule has 1 aromatic rings. The maximum Gasteiger partial charge on any atom is 0.184 e. The van der Waals surface area contributed by atoms with Gasteiger partial charge in [0.15, 0.2) is 15.6 Å². The van der Waals surface area contributed by atoms with E-state index in [2.05, 4.69) is 0 Å². The number of aliphatic hydroxyl groups excluding tert-OH is 1. The molecule has 4 nitrogen and oxygen atoms in total. The van der Waals surface area contributed by atoms with Crippen molar-refractivity contribution in [2.75, 3.05) is 12.9 Å². The SMILES string of the molecule is CS(=O)(=O)C(CO)C(=O)c1ccc(Cl)cc1Cl. The molecule has 1 rings (SSSR count). The van der Waals surface area contributed by atoms with E-state index < -0.39 is 27.5 Å². The maximum absolute atomic E-state index is 11.9. The first-order chi connectivity index (χ1) is 7.77. The number of Topliss-reactive ketones (excluding diaryl/α,β-unsaturated/α-hetero) is 1. The Kier molecular flexibility index (Phi) is 4.55. The number of hydrogen-bond donors (Lipinski definition) is 1. The molecule has 1 atom stereocenters. The second kappa shape index (κ2) is 5.35. The zero-order valence-corrected chi connectivity index (χ0v) is 11.2. The van der Waals surface area contributed by atoms with Gasteiger partial charge in [-0.15, -0.1) is 0 Å². The molecule has 0 saturated heterocycles. The minimum Gasteiger partial charge on any atom is -0.395 e. The number of carbonyl (C=O) groups excluding carboxylic acids is 1. The number of benzene rings is 1. The molecule has 0 radical (unpaired) electrons. The average Bonchev–Trinajstić information content (AvgIpc) is 2.15. The van der Waals surface area contributed by atoms with Crippen molar-refractivity contribution >= 4 is 38.8 Å². The summed E-state index contributed by atoms with van der Waals surface area (Å²) in [5.74, 6) is -0.739. The summed E-state index contributed by atoms with van der Waals surface area (Å²) in [6.45, 7) is -0.781. The van der Waals surface area contributed by atoms with Crippen LogP contribution in [0.2, 0.25) is 10.0 Å². The molecule has 0 spiro atoms. The fraction of sp³-hybridized carbons (Fsp3) is 0.300. The molecule has 0 aliphatic rings. The second-order valence-electron chi connectivity index (χ2n) is 3.49. The van der Waals surface area contributed by atoms with E-state index in [0.29, 0.717) is 5.02 Å². The molecule has 0 aliphatic carbocycles. The highest BCUT2D eigenvalue weighted by molar-refractivity contribution is 7.92. The molecule has 7 heteroatoms. The van der Waals surface area contributed by atoms with Gasteiger partial charge >= 0.3 is 0 Å². The number of rotatable bonds is 4. The normalized spacial score (nSPS) is 13.4. The predicted octanol–water partition coefficient (Wildman–Crippen LogP) is 1.58. The van der Waals surface area contributed by atoms with E-state index in [1.54, 1.807) is 0 Å². The largest absolute Gasteiger partial charge is 0.395 e. The van der Waals surface area contributed by atoms with Crippen molar-refractivity contribution in [3.05, 3.63) is 33.8 Å². The number of carbonyl (C=O) groups is 1. The van der Waals surface area contributed by atoms with Gasteiger partial charge in [-0.3, -0.25) is 4.79 Å². The Morgan fingerprint density at radius 3 is 2.41 bits per heavy atom. The van der Waals surface area contributed by atoms with Crippen LogP contribution >= 0.6 is 23.2 Å². The summed E-state index contributed by atoms with van der Waals surface area (Å²) in [5, 5.41) is 7.87. The van der Waals surface area contributed by atoms with E-state index in [0.717, 1.165) is 6.26 Å². The minimum atomic E-state index is -3.68. The summed E-state index contributed by atoms with van der Waals surface area (Å²) >= 11 is 11.5. The lowest BCUT2D eigenvalue weighted by molar-refractivity contribution is 0.0962. The molecular weight excluding hydrogens is 287 g/mol. The van der Waals surface area contributed by atoms with Crippen molar-refractivity contribution in [3.8, 4) is 0 Å². The zero-order chi connectivity index (χ0) is 13.2. The van der Waals surface area contributed by atoms with Gasteiger partial charge in [-0.2, -0.15) is 0 Å². The van der Waals surface area contributed by atoms with Gasteiger partial charge in [-0.1, -0.05) is 23.2 Å². The molecule has 17 heavy (non-hydrogen) atoms. The van der Waals surface area contributed by atoms with Crippen molar-refractivity contribution in [1.29, 1.82) is 0 Å². The van der Waals surface area contributed by atoms with Gasteiger partial charge in [-0.05, 0) is 18.2 Å². The standard InChI is InChI=1S/C10H10Cl2O4S/c1-17(15,16)9(5-13)10(14)7-3-2-6(11)4-8(7)12/h2-4,9,13H,5H2,1H3. The third-order valence-electron chi connectivity index (χ3n) is 2.17. The molecule has 1 N–H and O–H groups in total. The van der Waals surface area contributed by atoms with Crippen LogP contribution in [0.15, 0.2) is 18.2 Å². The minimum absolute atomic E-state index is 0.0283. The van der Waals surface area contributed by atoms with Gasteiger partial charge in [0, 0.05) is 16.8 Å². The fourth-order valence-electron chi connectivity index (χ4n) is 1.28. The van der Waals surface area contributed by atoms with E-state index >= 15 is 0 Å². The number of ketones is 1. The van der Waals surface area contributed by atoms with Crippen molar-refractivity contribution in [2.45, 2.75) is 5.25 Å². The third kappa shape index (κ3) is 3.42. The molecule has 0 bridgehead atoms. The van der Waals surface area contributed by atoms with Gasteiger partial charge in [-0.25, -0.2) is 8.42 Å². The zero-order valence-electron chi connectivity index (χ0n) is 8.85. The molecule has 0 fully saturated rings. The van der Waals surface area contributed by atoms with Crippen LogP contribution in [0.3, 0.4) is 0 Å². The summed E-state index contributed by atoms with van der Waals surface area (Å²) in [5.41, 5.74) is 0.0283. The van der Waals surface area contributed by atoms with Gasteiger partial charge in [0.05, 0.1) is 11.6 Å². The quantitative estimate of drug-likeness (QED) is 0.857. The third-order valence-corrected chi connectivity index (χ3v) is 4.12. The van der Waals surface area contributed by atoms with Crippen LogP contribution in [0.1, 0.15) is 10.4 Å². The van der Waals surface area contributed by atoms with Crippen LogP contribution in [0.25, 0.3) is 0 Å². The van der Waals surface area contributed by atoms with Gasteiger partial charge in [0.1, 0.15) is 5.25 Å². The first kappa shape index (κ1) is 14.4. The molecule has 0 aliphatic heterocycles. The number of sulfone groups is 1. The van der Waals surface area contributed by atoms with Crippen LogP contribution in [-0.2, 0) is 9.84 Å². The molecule has 0 heterocycles. The molecule has 1 aromatic carbocycles. The summed E-state index contributed by atoms with van der Waals surface area (Å²) in [6.07, 6.45) is 0.885. The molecule has 0 aromatic heterocycles. The monoisotopic (exact) mass is 296 g/mol. The van der Waals surface area contributed by atoms with Crippen molar-refractivity contribution < 1.29 is 18.3 Å². The fourth-order valence-corrected chi connectivity index (χ4v) is 2.56. The number of hydrogen-bond acceptors (Lipinski definition) is 4. The first-order valence-corrected chi connectivity index (χ1v) is 7.27. The highest BCUT2D eigenvalue weighted by Crippen LogP contribution is 2.23. The smallest absolute Gasteiger partial charge is 0.184 e. The highest BCUT2D eigenvalue weighted by atomic mass is 35.5. The van der Waals surface area contributed by atoms with Crippen molar-refractivity contribution in [3.63, 3.8) is 0 Å². The molecule has 1 unspecified atom stereocenters. The Morgan fingerprint density at radius 1 is 1.41 bits per heavy atom. The van der Waals surface area contributed by atoms with Gasteiger partial charge < -0.3 is 5.11 Å². The Bertz CT molecular complexity index is 539. The molecular formula is C10H10Cl2O4S. The van der Waals surface area contributed by atoms with Crippen LogP contribution in [0.5, 0.6) is 0 Å². The van der Waals surface area contributed by atoms with Crippen LogP contribution in [-0.4, -0.2) is 37.4 Å². The lowest BCUT2D eigenvalue weighted by atomic mass is 10.1. The van der Waals surface area contributed by atoms with Crippen molar-refractivity contribution in [2.24, 2.45) is 0 Å². The van der Waals surface area contributed by atoms with Crippen LogP contribution in [0.4, 0.5) is 0 Å². The Balaban J connectivity index is 3.20. The second-order valence-corrected chi connectivity index (χ2v) is 6.56. The lowest BCUT2D eigenvalue weighted by Gasteiger charge is -2.12. The summed E-state index contributed by atoms with van der Waals surface area (Å²) in [6, 6.07) is 4.10. The summed E-state index contributed by atoms with van der Waals surface area (Å²) in [4.78, 5) is 11.9. The van der Waals surface area contributed by atoms with Gasteiger partial charge in [0.25, 0.3) is 0 Å². The van der Waals surface area contributed by atoms with Crippen LogP contribution in [0, 0.1) is 0 Å². The van der Waals surface area contributed by atoms with E-state index in [9.17, 15) is 13.2 Å². The van der Waals surface area contributed by atoms with E-state index in [-0.39, 0.29) is 10.6 Å². The Hall–Kier alpha value is -0.620. The molecule has 0 saturated carbocycles. The van der Waals surface area contributed by atoms with E-state index in [1.165, 1.54) is 18.2 Å². The molecule has 94 valence electrons. The number of aliphatic hydroxyl groups is 1. The molecule has 0 amide bonds. The Labute approximate surface area is 109 Å². The maximum atomic E-state index is 11.9. The first-order valence-electron chi connectivity index (χ1n) is 4.56. The van der Waals surface area contributed by atoms with E-state index in [4.69, 9.17) is 28.3 Å². The topological polar surface area (TPSA) is 71.4 Å². The Morgan fingerprint density at radius 2 is 2.00 bits per heavy atom.